The van der Waals surface area contributed by atoms with Gasteiger partial charge in [0.05, 0.1) is 5.75 Å². The molecule has 4 aliphatic carbocycles. The monoisotopic (exact) mass is 458 g/mol. The second kappa shape index (κ2) is 8.05. The van der Waals surface area contributed by atoms with Gasteiger partial charge in [0, 0.05) is 11.2 Å². The van der Waals surface area contributed by atoms with Crippen LogP contribution in [0.5, 0.6) is 0 Å². The first-order chi connectivity index (χ1) is 15.9. The molecule has 0 N–H and O–H groups in total. The average molecular weight is 459 g/mol. The molecule has 4 fully saturated rings. The van der Waals surface area contributed by atoms with Gasteiger partial charge in [0.15, 0.2) is 0 Å². The first-order valence-corrected chi connectivity index (χ1v) is 13.8. The van der Waals surface area contributed by atoms with E-state index in [0.29, 0.717) is 5.75 Å². The maximum absolute atomic E-state index is 13.0. The molecular weight excluding hydrogens is 424 g/mol. The standard InChI is InChI=1S/C30H34O2S/c1-29(2,30-15-20-11-21(16-30)13-22(12-20)17-30)32-28(31)19-33-18-27-25-9-5-3-7-23(25)14-24-8-4-6-10-26(24)27/h3-10,14,20-22H,11-13,15-19H2,1-2H3. The van der Waals surface area contributed by atoms with Gasteiger partial charge in [-0.1, -0.05) is 48.5 Å². The summed E-state index contributed by atoms with van der Waals surface area (Å²) in [6, 6.07) is 19.4. The van der Waals surface area contributed by atoms with Crippen LogP contribution < -0.4 is 0 Å². The van der Waals surface area contributed by atoms with Crippen molar-refractivity contribution < 1.29 is 9.53 Å². The fourth-order valence-electron chi connectivity index (χ4n) is 7.77. The Morgan fingerprint density at radius 1 is 0.909 bits per heavy atom. The Kier molecular flexibility index (Phi) is 5.25. The van der Waals surface area contributed by atoms with Gasteiger partial charge in [0.25, 0.3) is 0 Å². The molecule has 0 heterocycles. The van der Waals surface area contributed by atoms with Gasteiger partial charge in [-0.15, -0.1) is 11.8 Å². The highest BCUT2D eigenvalue weighted by Crippen LogP contribution is 2.64. The number of hydrogen-bond donors (Lipinski definition) is 0. The number of fused-ring (bicyclic) bond motifs is 2. The van der Waals surface area contributed by atoms with Crippen molar-refractivity contribution in [3.05, 3.63) is 60.2 Å². The SMILES string of the molecule is CC(C)(OC(=O)CSCc1c2ccccc2cc2ccccc12)C12CC3CC(CC(C3)C1)C2. The molecule has 2 nitrogen and oxygen atoms in total. The van der Waals surface area contributed by atoms with Crippen molar-refractivity contribution in [3.8, 4) is 0 Å². The zero-order chi connectivity index (χ0) is 22.6. The van der Waals surface area contributed by atoms with E-state index in [4.69, 9.17) is 4.74 Å². The molecule has 0 amide bonds. The summed E-state index contributed by atoms with van der Waals surface area (Å²) in [5, 5.41) is 5.09. The minimum absolute atomic E-state index is 0.0507. The molecule has 0 radical (unpaired) electrons. The van der Waals surface area contributed by atoms with Gasteiger partial charge in [-0.05, 0) is 103 Å². The molecule has 33 heavy (non-hydrogen) atoms. The number of benzene rings is 3. The molecule has 7 rings (SSSR count). The van der Waals surface area contributed by atoms with Crippen LogP contribution >= 0.6 is 11.8 Å². The van der Waals surface area contributed by atoms with Gasteiger partial charge in [-0.2, -0.15) is 0 Å². The molecule has 0 aliphatic heterocycles. The van der Waals surface area contributed by atoms with Crippen molar-refractivity contribution in [2.75, 3.05) is 5.75 Å². The first kappa shape index (κ1) is 21.5. The lowest BCUT2D eigenvalue weighted by Crippen LogP contribution is -2.57. The summed E-state index contributed by atoms with van der Waals surface area (Å²) in [5.74, 6) is 3.77. The van der Waals surface area contributed by atoms with E-state index in [1.165, 1.54) is 65.6 Å². The van der Waals surface area contributed by atoms with E-state index in [2.05, 4.69) is 68.4 Å². The van der Waals surface area contributed by atoms with Crippen LogP contribution in [-0.2, 0) is 15.3 Å². The van der Waals surface area contributed by atoms with Crippen LogP contribution in [0, 0.1) is 23.2 Å². The van der Waals surface area contributed by atoms with Crippen LogP contribution in [0.15, 0.2) is 54.6 Å². The Hall–Kier alpha value is -2.00. The number of esters is 1. The molecule has 3 heteroatoms. The fraction of sp³-hybridized carbons (Fsp3) is 0.500. The Labute approximate surface area is 201 Å². The molecule has 4 bridgehead atoms. The summed E-state index contributed by atoms with van der Waals surface area (Å²) in [4.78, 5) is 13.0. The van der Waals surface area contributed by atoms with E-state index in [9.17, 15) is 4.79 Å². The van der Waals surface area contributed by atoms with E-state index in [-0.39, 0.29) is 17.0 Å². The highest BCUT2D eigenvalue weighted by Gasteiger charge is 2.58. The summed E-state index contributed by atoms with van der Waals surface area (Å²) < 4.78 is 6.28. The lowest BCUT2D eigenvalue weighted by atomic mass is 9.46. The molecule has 0 atom stereocenters. The van der Waals surface area contributed by atoms with E-state index in [1.807, 2.05) is 0 Å². The quantitative estimate of drug-likeness (QED) is 0.279. The highest BCUT2D eigenvalue weighted by molar-refractivity contribution is 7.99. The maximum Gasteiger partial charge on any atom is 0.316 e. The van der Waals surface area contributed by atoms with Gasteiger partial charge in [0.2, 0.25) is 0 Å². The van der Waals surface area contributed by atoms with Crippen molar-refractivity contribution in [1.29, 1.82) is 0 Å². The summed E-state index contributed by atoms with van der Waals surface area (Å²) in [5.41, 5.74) is 1.16. The molecule has 4 aliphatic rings. The number of rotatable bonds is 6. The summed E-state index contributed by atoms with van der Waals surface area (Å²) in [7, 11) is 0. The van der Waals surface area contributed by atoms with Gasteiger partial charge < -0.3 is 4.74 Å². The van der Waals surface area contributed by atoms with Gasteiger partial charge in [-0.25, -0.2) is 0 Å². The van der Waals surface area contributed by atoms with Gasteiger partial charge in [-0.3, -0.25) is 4.79 Å². The summed E-state index contributed by atoms with van der Waals surface area (Å²) in [6.45, 7) is 4.39. The average Bonchev–Trinajstić information content (AvgIpc) is 2.77. The minimum Gasteiger partial charge on any atom is -0.458 e. The van der Waals surface area contributed by atoms with E-state index in [0.717, 1.165) is 23.5 Å². The third-order valence-electron chi connectivity index (χ3n) is 9.03. The normalized spacial score (nSPS) is 28.5. The molecule has 3 aromatic rings. The molecule has 0 unspecified atom stereocenters. The first-order valence-electron chi connectivity index (χ1n) is 12.6. The van der Waals surface area contributed by atoms with Crippen LogP contribution in [-0.4, -0.2) is 17.3 Å². The Morgan fingerprint density at radius 2 is 1.42 bits per heavy atom. The van der Waals surface area contributed by atoms with Crippen molar-refractivity contribution in [3.63, 3.8) is 0 Å². The number of hydrogen-bond acceptors (Lipinski definition) is 3. The van der Waals surface area contributed by atoms with Crippen LogP contribution in [0.2, 0.25) is 0 Å². The van der Waals surface area contributed by atoms with E-state index < -0.39 is 0 Å². The van der Waals surface area contributed by atoms with Crippen LogP contribution in [0.25, 0.3) is 21.5 Å². The Balaban J connectivity index is 1.16. The van der Waals surface area contributed by atoms with Crippen molar-refractivity contribution >= 4 is 39.3 Å². The predicted octanol–water partition coefficient (Wildman–Crippen LogP) is 7.76. The lowest BCUT2D eigenvalue weighted by molar-refractivity contribution is -0.196. The van der Waals surface area contributed by atoms with Crippen LogP contribution in [0.3, 0.4) is 0 Å². The molecular formula is C30H34O2S. The van der Waals surface area contributed by atoms with Gasteiger partial charge in [0.1, 0.15) is 5.60 Å². The minimum atomic E-state index is -0.368. The van der Waals surface area contributed by atoms with Crippen molar-refractivity contribution in [1.82, 2.24) is 0 Å². The third kappa shape index (κ3) is 3.77. The smallest absolute Gasteiger partial charge is 0.316 e. The maximum atomic E-state index is 13.0. The Morgan fingerprint density at radius 3 is 1.97 bits per heavy atom. The number of ether oxygens (including phenoxy) is 1. The molecule has 0 aromatic heterocycles. The fourth-order valence-corrected chi connectivity index (χ4v) is 8.61. The number of carbonyl (C=O) groups is 1. The predicted molar refractivity (Wildman–Crippen MR) is 138 cm³/mol. The van der Waals surface area contributed by atoms with Crippen LogP contribution in [0.4, 0.5) is 0 Å². The second-order valence-corrected chi connectivity index (χ2v) is 12.5. The largest absolute Gasteiger partial charge is 0.458 e. The molecule has 4 saturated carbocycles. The lowest BCUT2D eigenvalue weighted by Gasteiger charge is -2.61. The topological polar surface area (TPSA) is 26.3 Å². The van der Waals surface area contributed by atoms with E-state index >= 15 is 0 Å². The highest BCUT2D eigenvalue weighted by atomic mass is 32.2. The molecule has 172 valence electrons. The zero-order valence-electron chi connectivity index (χ0n) is 19.8. The van der Waals surface area contributed by atoms with E-state index in [1.54, 1.807) is 11.8 Å². The molecule has 0 saturated heterocycles. The Bertz CT molecular complexity index is 1120. The second-order valence-electron chi connectivity index (χ2n) is 11.5. The van der Waals surface area contributed by atoms with Crippen LogP contribution in [0.1, 0.15) is 57.9 Å². The van der Waals surface area contributed by atoms with Crippen molar-refractivity contribution in [2.45, 2.75) is 63.7 Å². The number of thioether (sulfide) groups is 1. The summed E-state index contributed by atoms with van der Waals surface area (Å²) >= 11 is 1.69. The zero-order valence-corrected chi connectivity index (χ0v) is 20.6. The molecule has 3 aromatic carbocycles. The summed E-state index contributed by atoms with van der Waals surface area (Å²) in [6.07, 6.45) is 8.02. The van der Waals surface area contributed by atoms with Crippen molar-refractivity contribution in [2.24, 2.45) is 23.2 Å². The number of carbonyl (C=O) groups excluding carboxylic acids is 1. The molecule has 0 spiro atoms. The third-order valence-corrected chi connectivity index (χ3v) is 9.97. The van der Waals surface area contributed by atoms with Gasteiger partial charge >= 0.3 is 5.97 Å².